The highest BCUT2D eigenvalue weighted by molar-refractivity contribution is 5.95. The summed E-state index contributed by atoms with van der Waals surface area (Å²) in [7, 11) is 0. The number of benzene rings is 1. The molecule has 0 saturated heterocycles. The Morgan fingerprint density at radius 2 is 1.60 bits per heavy atom. The number of nitrogens with two attached hydrogens (primary N) is 3. The molecule has 0 radical (unpaired) electrons. The average molecular weight is 591 g/mol. The first-order chi connectivity index (χ1) is 19.8. The van der Waals surface area contributed by atoms with Crippen LogP contribution in [0, 0.1) is 0 Å². The number of aliphatic hydroxyl groups is 1. The first-order valence-corrected chi connectivity index (χ1v) is 13.2. The maximum atomic E-state index is 13.5. The molecule has 0 bridgehead atoms. The minimum atomic E-state index is -1.71. The molecule has 2 aromatic rings. The summed E-state index contributed by atoms with van der Waals surface area (Å²) in [5, 5.41) is 36.1. The molecule has 0 saturated carbocycles. The van der Waals surface area contributed by atoms with Crippen LogP contribution in [-0.2, 0) is 30.4 Å². The van der Waals surface area contributed by atoms with Crippen LogP contribution >= 0.6 is 0 Å². The van der Waals surface area contributed by atoms with Gasteiger partial charge < -0.3 is 53.5 Å². The molecule has 0 fully saturated rings. The third kappa shape index (κ3) is 10.4. The zero-order valence-electron chi connectivity index (χ0n) is 23.1. The predicted octanol–water partition coefficient (Wildman–Crippen LogP) is -2.12. The summed E-state index contributed by atoms with van der Waals surface area (Å²) < 4.78 is 0. The molecule has 5 unspecified atom stereocenters. The summed E-state index contributed by atoms with van der Waals surface area (Å²) in [6.07, 6.45) is -0.185. The number of H-pyrrole nitrogens is 1. The van der Waals surface area contributed by atoms with Crippen molar-refractivity contribution >= 4 is 46.5 Å². The van der Waals surface area contributed by atoms with Crippen LogP contribution in [0.2, 0.25) is 0 Å². The third-order valence-corrected chi connectivity index (χ3v) is 6.36. The SMILES string of the molecule is CC(O)C(NC(=O)C(CCC(=O)O)NC(=O)C(Cc1c[nH]c2ccccc12)NC(=O)C(N)CCCN=C(N)N)C(=O)O. The van der Waals surface area contributed by atoms with E-state index in [-0.39, 0.29) is 25.3 Å². The monoisotopic (exact) mass is 590 g/mol. The summed E-state index contributed by atoms with van der Waals surface area (Å²) in [6.45, 7) is 1.39. The average Bonchev–Trinajstić information content (AvgIpc) is 3.33. The lowest BCUT2D eigenvalue weighted by atomic mass is 10.0. The van der Waals surface area contributed by atoms with E-state index in [1.165, 1.54) is 0 Å². The Bertz CT molecular complexity index is 1290. The Labute approximate surface area is 241 Å². The van der Waals surface area contributed by atoms with Gasteiger partial charge in [-0.2, -0.15) is 0 Å². The predicted molar refractivity (Wildman–Crippen MR) is 152 cm³/mol. The van der Waals surface area contributed by atoms with Gasteiger partial charge in [0.15, 0.2) is 12.0 Å². The highest BCUT2D eigenvalue weighted by atomic mass is 16.4. The van der Waals surface area contributed by atoms with Crippen LogP contribution in [0.15, 0.2) is 35.5 Å². The van der Waals surface area contributed by atoms with Crippen LogP contribution in [0.4, 0.5) is 0 Å². The molecule has 0 aliphatic carbocycles. The van der Waals surface area contributed by atoms with Gasteiger partial charge in [-0.3, -0.25) is 24.2 Å². The van der Waals surface area contributed by atoms with E-state index in [0.29, 0.717) is 12.0 Å². The van der Waals surface area contributed by atoms with Crippen molar-refractivity contribution in [2.45, 2.75) is 69.3 Å². The van der Waals surface area contributed by atoms with E-state index in [0.717, 1.165) is 17.8 Å². The Morgan fingerprint density at radius 3 is 2.21 bits per heavy atom. The Morgan fingerprint density at radius 1 is 0.952 bits per heavy atom. The summed E-state index contributed by atoms with van der Waals surface area (Å²) in [6, 6.07) is 1.78. The van der Waals surface area contributed by atoms with Gasteiger partial charge in [0.2, 0.25) is 17.7 Å². The van der Waals surface area contributed by atoms with Crippen LogP contribution in [0.5, 0.6) is 0 Å². The number of carboxylic acids is 2. The number of aromatic nitrogens is 1. The van der Waals surface area contributed by atoms with Gasteiger partial charge in [-0.25, -0.2) is 4.79 Å². The lowest BCUT2D eigenvalue weighted by Crippen LogP contribution is -2.58. The highest BCUT2D eigenvalue weighted by Crippen LogP contribution is 2.19. The largest absolute Gasteiger partial charge is 0.481 e. The smallest absolute Gasteiger partial charge is 0.328 e. The number of rotatable bonds is 17. The first-order valence-electron chi connectivity index (χ1n) is 13.2. The van der Waals surface area contributed by atoms with Crippen molar-refractivity contribution in [3.63, 3.8) is 0 Å². The van der Waals surface area contributed by atoms with E-state index in [9.17, 15) is 34.2 Å². The second-order valence-corrected chi connectivity index (χ2v) is 9.74. The van der Waals surface area contributed by atoms with Crippen LogP contribution in [0.1, 0.15) is 38.2 Å². The molecule has 0 aliphatic heterocycles. The lowest BCUT2D eigenvalue weighted by Gasteiger charge is -2.25. The fourth-order valence-corrected chi connectivity index (χ4v) is 4.11. The van der Waals surface area contributed by atoms with Crippen molar-refractivity contribution < 1.29 is 39.3 Å². The molecule has 3 amide bonds. The van der Waals surface area contributed by atoms with E-state index in [2.05, 4.69) is 25.9 Å². The Kier molecular flexibility index (Phi) is 12.7. The normalized spacial score (nSPS) is 14.5. The number of fused-ring (bicyclic) bond motifs is 1. The van der Waals surface area contributed by atoms with Crippen LogP contribution in [0.3, 0.4) is 0 Å². The number of hydrogen-bond acceptors (Lipinski definition) is 8. The van der Waals surface area contributed by atoms with Crippen molar-refractivity contribution in [3.8, 4) is 0 Å². The van der Waals surface area contributed by atoms with Crippen molar-refractivity contribution in [3.05, 3.63) is 36.0 Å². The molecule has 16 nitrogen and oxygen atoms in total. The zero-order chi connectivity index (χ0) is 31.4. The maximum Gasteiger partial charge on any atom is 0.328 e. The number of aliphatic imine (C=N–C) groups is 1. The number of carbonyl (C=O) groups is 5. The van der Waals surface area contributed by atoms with Crippen molar-refractivity contribution in [1.29, 1.82) is 0 Å². The van der Waals surface area contributed by atoms with E-state index in [1.807, 2.05) is 18.2 Å². The first kappa shape index (κ1) is 33.5. The van der Waals surface area contributed by atoms with Crippen LogP contribution < -0.4 is 33.2 Å². The van der Waals surface area contributed by atoms with Crippen LogP contribution in [-0.4, -0.2) is 92.7 Å². The van der Waals surface area contributed by atoms with Gasteiger partial charge in [0, 0.05) is 36.5 Å². The van der Waals surface area contributed by atoms with Crippen molar-refractivity contribution in [2.75, 3.05) is 6.54 Å². The fourth-order valence-electron chi connectivity index (χ4n) is 4.11. The standard InChI is InChI=1S/C26H38N8O8/c1-13(35)21(25(41)42)34-23(39)18(8-9-20(36)37)32-24(40)19(11-14-12-31-17-7-3-2-5-15(14)17)33-22(38)16(27)6-4-10-30-26(28)29/h2-3,5,7,12-13,16,18-19,21,31,35H,4,6,8-11,27H2,1H3,(H,32,40)(H,33,38)(H,34,39)(H,36,37)(H,41,42)(H4,28,29,30). The number of amides is 3. The number of para-hydroxylation sites is 1. The molecule has 230 valence electrons. The molecular formula is C26H38N8O8. The minimum Gasteiger partial charge on any atom is -0.481 e. The molecule has 42 heavy (non-hydrogen) atoms. The minimum absolute atomic E-state index is 0.0268. The summed E-state index contributed by atoms with van der Waals surface area (Å²) >= 11 is 0. The number of aliphatic hydroxyl groups excluding tert-OH is 1. The molecular weight excluding hydrogens is 552 g/mol. The number of hydrogen-bond donors (Lipinski definition) is 10. The topological polar surface area (TPSA) is 288 Å². The second-order valence-electron chi connectivity index (χ2n) is 9.74. The Balaban J connectivity index is 2.29. The van der Waals surface area contributed by atoms with E-state index in [1.54, 1.807) is 12.3 Å². The number of carbonyl (C=O) groups excluding carboxylic acids is 3. The molecule has 0 aliphatic rings. The van der Waals surface area contributed by atoms with Gasteiger partial charge >= 0.3 is 11.9 Å². The molecule has 1 aromatic heterocycles. The van der Waals surface area contributed by atoms with Gasteiger partial charge in [-0.1, -0.05) is 18.2 Å². The number of aromatic amines is 1. The molecule has 16 heteroatoms. The molecule has 1 heterocycles. The molecule has 1 aromatic carbocycles. The number of nitrogens with zero attached hydrogens (tertiary/aromatic N) is 1. The van der Waals surface area contributed by atoms with Gasteiger partial charge in [0.25, 0.3) is 0 Å². The molecule has 5 atom stereocenters. The van der Waals surface area contributed by atoms with E-state index in [4.69, 9.17) is 22.3 Å². The van der Waals surface area contributed by atoms with Gasteiger partial charge in [0.1, 0.15) is 12.1 Å². The molecule has 13 N–H and O–H groups in total. The fraction of sp³-hybridized carbons (Fsp3) is 0.462. The summed E-state index contributed by atoms with van der Waals surface area (Å²) in [4.78, 5) is 68.9. The van der Waals surface area contributed by atoms with Crippen molar-refractivity contribution in [1.82, 2.24) is 20.9 Å². The number of carboxylic acid groups (broad SMARTS) is 2. The zero-order valence-corrected chi connectivity index (χ0v) is 23.1. The van der Waals surface area contributed by atoms with E-state index < -0.39 is 72.8 Å². The maximum absolute atomic E-state index is 13.5. The van der Waals surface area contributed by atoms with Crippen molar-refractivity contribution in [2.24, 2.45) is 22.2 Å². The number of aliphatic carboxylic acids is 2. The summed E-state index contributed by atoms with van der Waals surface area (Å²) in [5.41, 5.74) is 18.1. The summed E-state index contributed by atoms with van der Waals surface area (Å²) in [5.74, 6) is -5.41. The van der Waals surface area contributed by atoms with Gasteiger partial charge in [0.05, 0.1) is 12.1 Å². The number of guanidine groups is 1. The lowest BCUT2D eigenvalue weighted by molar-refractivity contribution is -0.145. The van der Waals surface area contributed by atoms with Gasteiger partial charge in [-0.15, -0.1) is 0 Å². The van der Waals surface area contributed by atoms with E-state index >= 15 is 0 Å². The second kappa shape index (κ2) is 15.9. The molecule has 0 spiro atoms. The third-order valence-electron chi connectivity index (χ3n) is 6.36. The number of nitrogens with one attached hydrogen (secondary N) is 4. The van der Waals surface area contributed by atoms with Crippen LogP contribution in [0.25, 0.3) is 10.9 Å². The highest BCUT2D eigenvalue weighted by Gasteiger charge is 2.32. The molecule has 2 rings (SSSR count). The van der Waals surface area contributed by atoms with Gasteiger partial charge in [-0.05, 0) is 37.8 Å². The Hall–Kier alpha value is -4.70. The quantitative estimate of drug-likeness (QED) is 0.0539.